The summed E-state index contributed by atoms with van der Waals surface area (Å²) in [5.74, 6) is -0.494. The van der Waals surface area contributed by atoms with Gasteiger partial charge in [0.1, 0.15) is 0 Å². The van der Waals surface area contributed by atoms with E-state index in [1.807, 2.05) is 0 Å². The second kappa shape index (κ2) is 8.99. The lowest BCUT2D eigenvalue weighted by Gasteiger charge is -2.22. The molecule has 0 heterocycles. The van der Waals surface area contributed by atoms with Crippen molar-refractivity contribution in [1.82, 2.24) is 9.03 Å². The number of hydrogen-bond donors (Lipinski definition) is 1. The maximum atomic E-state index is 13.1. The van der Waals surface area contributed by atoms with Crippen LogP contribution in [0.1, 0.15) is 47.4 Å². The van der Waals surface area contributed by atoms with Crippen LogP contribution >= 0.6 is 0 Å². The lowest BCUT2D eigenvalue weighted by Crippen LogP contribution is -2.40. The summed E-state index contributed by atoms with van der Waals surface area (Å²) < 4.78 is 55.1. The van der Waals surface area contributed by atoms with Crippen molar-refractivity contribution in [3.63, 3.8) is 0 Å². The lowest BCUT2D eigenvalue weighted by molar-refractivity contribution is 0.100. The highest BCUT2D eigenvalue weighted by Crippen LogP contribution is 2.32. The third kappa shape index (κ3) is 5.45. The van der Waals surface area contributed by atoms with Crippen molar-refractivity contribution in [3.05, 3.63) is 59.7 Å². The van der Waals surface area contributed by atoms with E-state index in [-0.39, 0.29) is 46.1 Å². The van der Waals surface area contributed by atoms with Gasteiger partial charge in [-0.15, -0.1) is 0 Å². The van der Waals surface area contributed by atoms with E-state index in [2.05, 4.69) is 4.72 Å². The van der Waals surface area contributed by atoms with E-state index in [1.54, 1.807) is 6.07 Å². The Balaban J connectivity index is 1.76. The second-order valence-corrected chi connectivity index (χ2v) is 11.1. The minimum absolute atomic E-state index is 0.00381. The molecule has 1 N–H and O–H groups in total. The van der Waals surface area contributed by atoms with Gasteiger partial charge in [-0.3, -0.25) is 9.59 Å². The van der Waals surface area contributed by atoms with E-state index >= 15 is 0 Å². The molecule has 0 radical (unpaired) electrons. The molecule has 0 aliphatic heterocycles. The summed E-state index contributed by atoms with van der Waals surface area (Å²) in [5.41, 5.74) is 0.568. The molecule has 0 amide bonds. The fourth-order valence-electron chi connectivity index (χ4n) is 3.13. The molecule has 0 aromatic heterocycles. The molecule has 2 aromatic rings. The van der Waals surface area contributed by atoms with Crippen LogP contribution in [0, 0.1) is 0 Å². The fourth-order valence-corrected chi connectivity index (χ4v) is 5.93. The summed E-state index contributed by atoms with van der Waals surface area (Å²) in [6, 6.07) is 11.3. The predicted octanol–water partition coefficient (Wildman–Crippen LogP) is 2.22. The Morgan fingerprint density at radius 3 is 1.94 bits per heavy atom. The van der Waals surface area contributed by atoms with Crippen molar-refractivity contribution in [3.8, 4) is 0 Å². The maximum absolute atomic E-state index is 13.1. The zero-order valence-electron chi connectivity index (χ0n) is 17.2. The van der Waals surface area contributed by atoms with Gasteiger partial charge in [0, 0.05) is 30.3 Å². The van der Waals surface area contributed by atoms with E-state index in [4.69, 9.17) is 0 Å². The van der Waals surface area contributed by atoms with Crippen molar-refractivity contribution >= 4 is 31.6 Å². The van der Waals surface area contributed by atoms with Crippen LogP contribution in [0.4, 0.5) is 0 Å². The van der Waals surface area contributed by atoms with Crippen LogP contribution in [0.15, 0.2) is 58.3 Å². The van der Waals surface area contributed by atoms with Gasteiger partial charge in [0.15, 0.2) is 11.6 Å². The fraction of sp³-hybridized carbons (Fsp3) is 0.333. The molecule has 0 bridgehead atoms. The highest BCUT2D eigenvalue weighted by atomic mass is 32.2. The number of nitrogens with zero attached hydrogens (tertiary/aromatic N) is 1. The van der Waals surface area contributed by atoms with Crippen molar-refractivity contribution in [2.45, 2.75) is 42.5 Å². The van der Waals surface area contributed by atoms with Crippen molar-refractivity contribution in [2.75, 3.05) is 13.1 Å². The summed E-state index contributed by atoms with van der Waals surface area (Å²) in [6.45, 7) is 2.52. The average molecular weight is 465 g/mol. The van der Waals surface area contributed by atoms with Gasteiger partial charge in [-0.25, -0.2) is 21.6 Å². The Bertz CT molecular complexity index is 1220. The van der Waals surface area contributed by atoms with Crippen molar-refractivity contribution in [2.24, 2.45) is 0 Å². The molecule has 1 saturated carbocycles. The number of sulfonamides is 2. The number of Topliss-reactive ketones (excluding diaryl/α,β-unsaturated/α-hetero) is 2. The van der Waals surface area contributed by atoms with Crippen LogP contribution in [0.25, 0.3) is 0 Å². The molecule has 3 rings (SSSR count). The molecule has 0 spiro atoms. The number of hydrogen-bond acceptors (Lipinski definition) is 6. The number of nitrogens with one attached hydrogen (secondary N) is 1. The van der Waals surface area contributed by atoms with E-state index in [0.717, 1.165) is 0 Å². The Morgan fingerprint density at radius 2 is 1.42 bits per heavy atom. The highest BCUT2D eigenvalue weighted by molar-refractivity contribution is 7.89. The van der Waals surface area contributed by atoms with Gasteiger partial charge >= 0.3 is 0 Å². The predicted molar refractivity (Wildman–Crippen MR) is 115 cm³/mol. The van der Waals surface area contributed by atoms with E-state index < -0.39 is 20.0 Å². The minimum atomic E-state index is -3.91. The second-order valence-electron chi connectivity index (χ2n) is 7.41. The molecule has 166 valence electrons. The molecule has 31 heavy (non-hydrogen) atoms. The van der Waals surface area contributed by atoms with Crippen molar-refractivity contribution in [1.29, 1.82) is 0 Å². The van der Waals surface area contributed by atoms with Crippen LogP contribution in [-0.2, 0) is 20.0 Å². The van der Waals surface area contributed by atoms with Gasteiger partial charge in [0.25, 0.3) is 0 Å². The van der Waals surface area contributed by atoms with Gasteiger partial charge in [0.2, 0.25) is 20.0 Å². The van der Waals surface area contributed by atoms with Gasteiger partial charge in [-0.1, -0.05) is 24.3 Å². The maximum Gasteiger partial charge on any atom is 0.243 e. The summed E-state index contributed by atoms with van der Waals surface area (Å²) in [6.07, 6.45) is 1.39. The molecular weight excluding hydrogens is 440 g/mol. The SMILES string of the molecule is CC(=O)c1cccc(S(=O)(=O)NCCN(C2CC2)S(=O)(=O)c2cccc(C(C)=O)c2)c1. The van der Waals surface area contributed by atoms with E-state index in [1.165, 1.54) is 60.6 Å². The first-order valence-corrected chi connectivity index (χ1v) is 12.7. The molecule has 1 fully saturated rings. The quantitative estimate of drug-likeness (QED) is 0.539. The average Bonchev–Trinajstić information content (AvgIpc) is 3.56. The molecule has 10 heteroatoms. The lowest BCUT2D eigenvalue weighted by atomic mass is 10.2. The Kier molecular flexibility index (Phi) is 6.75. The molecule has 0 saturated heterocycles. The monoisotopic (exact) mass is 464 g/mol. The molecule has 0 atom stereocenters. The molecule has 8 nitrogen and oxygen atoms in total. The third-order valence-electron chi connectivity index (χ3n) is 4.98. The summed E-state index contributed by atoms with van der Waals surface area (Å²) in [4.78, 5) is 23.1. The Hall–Kier alpha value is -2.40. The summed E-state index contributed by atoms with van der Waals surface area (Å²) >= 11 is 0. The van der Waals surface area contributed by atoms with E-state index in [9.17, 15) is 26.4 Å². The zero-order chi connectivity index (χ0) is 22.8. The normalized spacial score (nSPS) is 14.5. The molecule has 2 aromatic carbocycles. The smallest absolute Gasteiger partial charge is 0.243 e. The van der Waals surface area contributed by atoms with Crippen LogP contribution in [0.3, 0.4) is 0 Å². The molecular formula is C21H24N2O6S2. The van der Waals surface area contributed by atoms with Gasteiger partial charge < -0.3 is 0 Å². The number of rotatable bonds is 10. The van der Waals surface area contributed by atoms with Crippen molar-refractivity contribution < 1.29 is 26.4 Å². The third-order valence-corrected chi connectivity index (χ3v) is 8.38. The van der Waals surface area contributed by atoms with Crippen LogP contribution < -0.4 is 4.72 Å². The Labute approximate surface area is 182 Å². The number of ketones is 2. The first kappa shape index (κ1) is 23.3. The van der Waals surface area contributed by atoms with Crippen LogP contribution in [-0.4, -0.2) is 51.8 Å². The summed E-state index contributed by atoms with van der Waals surface area (Å²) in [7, 11) is -7.81. The molecule has 1 aliphatic rings. The topological polar surface area (TPSA) is 118 Å². The van der Waals surface area contributed by atoms with Crippen LogP contribution in [0.2, 0.25) is 0 Å². The van der Waals surface area contributed by atoms with E-state index in [0.29, 0.717) is 18.4 Å². The van der Waals surface area contributed by atoms with Crippen LogP contribution in [0.5, 0.6) is 0 Å². The number of carbonyl (C=O) groups excluding carboxylic acids is 2. The minimum Gasteiger partial charge on any atom is -0.295 e. The zero-order valence-corrected chi connectivity index (χ0v) is 18.9. The van der Waals surface area contributed by atoms with Gasteiger partial charge in [-0.2, -0.15) is 4.31 Å². The highest BCUT2D eigenvalue weighted by Gasteiger charge is 2.38. The largest absolute Gasteiger partial charge is 0.295 e. The first-order chi connectivity index (χ1) is 14.5. The van der Waals surface area contributed by atoms with Gasteiger partial charge in [-0.05, 0) is 51.0 Å². The standard InChI is InChI=1S/C21H24N2O6S2/c1-15(24)17-5-3-7-20(13-17)30(26,27)22-11-12-23(19-9-10-19)31(28,29)21-8-4-6-18(14-21)16(2)25/h3-8,13-14,19,22H,9-12H2,1-2H3. The molecule has 0 unspecified atom stereocenters. The van der Waals surface area contributed by atoms with Gasteiger partial charge in [0.05, 0.1) is 9.79 Å². The summed E-state index contributed by atoms with van der Waals surface area (Å²) in [5, 5.41) is 0. The number of benzene rings is 2. The Morgan fingerprint density at radius 1 is 0.903 bits per heavy atom. The number of carbonyl (C=O) groups is 2. The first-order valence-electron chi connectivity index (χ1n) is 9.76. The molecule has 1 aliphatic carbocycles.